The first-order chi connectivity index (χ1) is 13.9. The van der Waals surface area contributed by atoms with Crippen LogP contribution in [-0.4, -0.2) is 60.3 Å². The molecule has 0 radical (unpaired) electrons. The van der Waals surface area contributed by atoms with E-state index in [-0.39, 0.29) is 30.8 Å². The molecule has 8 nitrogen and oxygen atoms in total. The molecule has 2 rings (SSSR count). The van der Waals surface area contributed by atoms with Crippen molar-refractivity contribution in [1.82, 2.24) is 5.32 Å². The van der Waals surface area contributed by atoms with Crippen LogP contribution in [0.3, 0.4) is 0 Å². The maximum atomic E-state index is 11.1. The van der Waals surface area contributed by atoms with Crippen molar-refractivity contribution in [3.8, 4) is 23.0 Å². The van der Waals surface area contributed by atoms with Gasteiger partial charge in [-0.2, -0.15) is 0 Å². The van der Waals surface area contributed by atoms with Crippen molar-refractivity contribution < 1.29 is 34.3 Å². The van der Waals surface area contributed by atoms with Gasteiger partial charge in [0.2, 0.25) is 0 Å². The van der Waals surface area contributed by atoms with Gasteiger partial charge < -0.3 is 34.8 Å². The van der Waals surface area contributed by atoms with Crippen LogP contribution in [0.25, 0.3) is 0 Å². The Morgan fingerprint density at radius 3 is 2.38 bits per heavy atom. The molecule has 0 heterocycles. The minimum absolute atomic E-state index is 0.0518. The Morgan fingerprint density at radius 2 is 1.72 bits per heavy atom. The molecule has 4 N–H and O–H groups in total. The first-order valence-electron chi connectivity index (χ1n) is 9.22. The van der Waals surface area contributed by atoms with Gasteiger partial charge in [-0.15, -0.1) is 0 Å². The van der Waals surface area contributed by atoms with Crippen molar-refractivity contribution in [2.24, 2.45) is 0 Å². The lowest BCUT2D eigenvalue weighted by atomic mass is 10.1. The zero-order valence-electron chi connectivity index (χ0n) is 16.5. The Labute approximate surface area is 169 Å². The molecule has 2 atom stereocenters. The highest BCUT2D eigenvalue weighted by Gasteiger charge is 2.10. The molecule has 0 bridgehead atoms. The molecule has 2 unspecified atom stereocenters. The van der Waals surface area contributed by atoms with E-state index in [1.54, 1.807) is 12.1 Å². The average Bonchev–Trinajstić information content (AvgIpc) is 2.72. The third-order valence-corrected chi connectivity index (χ3v) is 4.14. The maximum absolute atomic E-state index is 11.1. The van der Waals surface area contributed by atoms with Crippen LogP contribution in [0, 0.1) is 0 Å². The largest absolute Gasteiger partial charge is 0.504 e. The van der Waals surface area contributed by atoms with Crippen molar-refractivity contribution in [3.63, 3.8) is 0 Å². The number of hydrogen-bond acceptors (Lipinski definition) is 8. The first kappa shape index (κ1) is 22.3. The summed E-state index contributed by atoms with van der Waals surface area (Å²) in [5.41, 5.74) is 1.08. The molecule has 29 heavy (non-hydrogen) atoms. The van der Waals surface area contributed by atoms with Gasteiger partial charge in [0.05, 0.1) is 7.11 Å². The van der Waals surface area contributed by atoms with Gasteiger partial charge in [-0.3, -0.25) is 0 Å². The van der Waals surface area contributed by atoms with E-state index in [4.69, 9.17) is 9.47 Å². The molecule has 0 saturated heterocycles. The number of methoxy groups -OCH3 is 1. The van der Waals surface area contributed by atoms with Crippen LogP contribution in [0.2, 0.25) is 0 Å². The summed E-state index contributed by atoms with van der Waals surface area (Å²) in [6, 6.07) is 11.7. The number of phenolic OH excluding ortho intramolecular Hbond substituents is 2. The molecule has 2 aromatic carbocycles. The van der Waals surface area contributed by atoms with Gasteiger partial charge in [0, 0.05) is 18.7 Å². The van der Waals surface area contributed by atoms with E-state index in [2.05, 4.69) is 10.1 Å². The van der Waals surface area contributed by atoms with E-state index in [0.717, 1.165) is 12.0 Å². The second-order valence-corrected chi connectivity index (χ2v) is 6.64. The lowest BCUT2D eigenvalue weighted by Crippen LogP contribution is -2.37. The number of esters is 1. The minimum Gasteiger partial charge on any atom is -0.504 e. The number of aromatic hydroxyl groups is 2. The number of aliphatic hydroxyl groups excluding tert-OH is 1. The van der Waals surface area contributed by atoms with Gasteiger partial charge in [-0.05, 0) is 43.2 Å². The number of aliphatic hydroxyl groups is 1. The zero-order valence-corrected chi connectivity index (χ0v) is 16.5. The quantitative estimate of drug-likeness (QED) is 0.329. The number of nitrogens with one attached hydrogen (secondary N) is 1. The standard InChI is InChI=1S/C21H27NO7/c1-14(9-15-3-5-17(6-4-15)29-13-21(26)27-2)22-11-16(23)12-28-18-7-8-19(24)20(25)10-18/h3-8,10,14,16,22-25H,9,11-13H2,1-2H3. The van der Waals surface area contributed by atoms with Crippen LogP contribution < -0.4 is 14.8 Å². The number of ether oxygens (including phenoxy) is 3. The predicted molar refractivity (Wildman–Crippen MR) is 106 cm³/mol. The van der Waals surface area contributed by atoms with E-state index in [1.807, 2.05) is 19.1 Å². The highest BCUT2D eigenvalue weighted by atomic mass is 16.6. The third kappa shape index (κ3) is 7.89. The number of carbonyl (C=O) groups is 1. The van der Waals surface area contributed by atoms with Crippen LogP contribution in [-0.2, 0) is 16.0 Å². The lowest BCUT2D eigenvalue weighted by molar-refractivity contribution is -0.142. The summed E-state index contributed by atoms with van der Waals surface area (Å²) in [5.74, 6) is 0.0213. The van der Waals surface area contributed by atoms with E-state index >= 15 is 0 Å². The molecule has 0 amide bonds. The van der Waals surface area contributed by atoms with Crippen LogP contribution >= 0.6 is 0 Å². The highest BCUT2D eigenvalue weighted by molar-refractivity contribution is 5.70. The van der Waals surface area contributed by atoms with Crippen LogP contribution in [0.1, 0.15) is 12.5 Å². The van der Waals surface area contributed by atoms with E-state index in [0.29, 0.717) is 18.0 Å². The van der Waals surface area contributed by atoms with Gasteiger partial charge in [0.25, 0.3) is 0 Å². The van der Waals surface area contributed by atoms with Crippen LogP contribution in [0.15, 0.2) is 42.5 Å². The molecule has 0 spiro atoms. The molecule has 0 aliphatic carbocycles. The fraction of sp³-hybridized carbons (Fsp3) is 0.381. The van der Waals surface area contributed by atoms with Crippen molar-refractivity contribution >= 4 is 5.97 Å². The summed E-state index contributed by atoms with van der Waals surface area (Å²) < 4.78 is 15.2. The predicted octanol–water partition coefficient (Wildman–Crippen LogP) is 1.61. The Bertz CT molecular complexity index is 779. The Hall–Kier alpha value is -2.97. The summed E-state index contributed by atoms with van der Waals surface area (Å²) in [5, 5.41) is 32.0. The van der Waals surface area contributed by atoms with Crippen LogP contribution in [0.5, 0.6) is 23.0 Å². The summed E-state index contributed by atoms with van der Waals surface area (Å²) in [7, 11) is 1.31. The normalized spacial score (nSPS) is 12.8. The average molecular weight is 405 g/mol. The molecule has 0 aromatic heterocycles. The molecule has 0 aliphatic heterocycles. The Balaban J connectivity index is 1.69. The van der Waals surface area contributed by atoms with Crippen molar-refractivity contribution in [3.05, 3.63) is 48.0 Å². The van der Waals surface area contributed by atoms with Crippen LogP contribution in [0.4, 0.5) is 0 Å². The van der Waals surface area contributed by atoms with E-state index < -0.39 is 12.1 Å². The number of carbonyl (C=O) groups excluding carboxylic acids is 1. The van der Waals surface area contributed by atoms with Gasteiger partial charge in [-0.1, -0.05) is 12.1 Å². The number of rotatable bonds is 11. The van der Waals surface area contributed by atoms with Crippen molar-refractivity contribution in [2.75, 3.05) is 26.9 Å². The molecule has 158 valence electrons. The monoisotopic (exact) mass is 405 g/mol. The molecular formula is C21H27NO7. The zero-order chi connectivity index (χ0) is 21.2. The summed E-state index contributed by atoms with van der Waals surface area (Å²) in [6.45, 7) is 2.27. The number of hydrogen-bond donors (Lipinski definition) is 4. The summed E-state index contributed by atoms with van der Waals surface area (Å²) in [6.07, 6.45) is 0.0129. The minimum atomic E-state index is -0.734. The number of phenols is 2. The molecule has 0 aliphatic rings. The molecule has 0 fully saturated rings. The fourth-order valence-corrected chi connectivity index (χ4v) is 2.53. The molecule has 8 heteroatoms. The SMILES string of the molecule is COC(=O)COc1ccc(CC(C)NCC(O)COc2ccc(O)c(O)c2)cc1. The maximum Gasteiger partial charge on any atom is 0.343 e. The summed E-state index contributed by atoms with van der Waals surface area (Å²) in [4.78, 5) is 11.1. The van der Waals surface area contributed by atoms with Gasteiger partial charge >= 0.3 is 5.97 Å². The molecule has 2 aromatic rings. The van der Waals surface area contributed by atoms with Crippen molar-refractivity contribution in [1.29, 1.82) is 0 Å². The number of benzene rings is 2. The fourth-order valence-electron chi connectivity index (χ4n) is 2.53. The lowest BCUT2D eigenvalue weighted by Gasteiger charge is -2.18. The van der Waals surface area contributed by atoms with Gasteiger partial charge in [0.15, 0.2) is 18.1 Å². The second kappa shape index (κ2) is 11.1. The first-order valence-corrected chi connectivity index (χ1v) is 9.22. The third-order valence-electron chi connectivity index (χ3n) is 4.14. The Kier molecular flexibility index (Phi) is 8.57. The van der Waals surface area contributed by atoms with Gasteiger partial charge in [-0.25, -0.2) is 4.79 Å². The van der Waals surface area contributed by atoms with Gasteiger partial charge in [0.1, 0.15) is 24.2 Å². The topological polar surface area (TPSA) is 117 Å². The molecular weight excluding hydrogens is 378 g/mol. The van der Waals surface area contributed by atoms with Crippen molar-refractivity contribution in [2.45, 2.75) is 25.5 Å². The summed E-state index contributed by atoms with van der Waals surface area (Å²) >= 11 is 0. The van der Waals surface area contributed by atoms with E-state index in [1.165, 1.54) is 25.3 Å². The smallest absolute Gasteiger partial charge is 0.343 e. The molecule has 0 saturated carbocycles. The second-order valence-electron chi connectivity index (χ2n) is 6.64. The van der Waals surface area contributed by atoms with E-state index in [9.17, 15) is 20.1 Å². The Morgan fingerprint density at radius 1 is 1.03 bits per heavy atom. The highest BCUT2D eigenvalue weighted by Crippen LogP contribution is 2.28.